The number of hydrogen-bond donors (Lipinski definition) is 1. The third kappa shape index (κ3) is 1.88. The summed E-state index contributed by atoms with van der Waals surface area (Å²) in [5, 5.41) is 8.97. The first-order valence-electron chi connectivity index (χ1n) is 3.62. The third-order valence-electron chi connectivity index (χ3n) is 1.52. The molecule has 0 saturated heterocycles. The molecule has 6 heteroatoms. The van der Waals surface area contributed by atoms with E-state index in [4.69, 9.17) is 26.2 Å². The van der Waals surface area contributed by atoms with Crippen LogP contribution in [0.5, 0.6) is 11.6 Å². The fraction of sp³-hybridized carbons (Fsp3) is 0.250. The lowest BCUT2D eigenvalue weighted by atomic mass is 10.3. The van der Waals surface area contributed by atoms with Crippen LogP contribution < -0.4 is 9.47 Å². The second-order valence-corrected chi connectivity index (χ2v) is 2.74. The molecule has 0 aliphatic rings. The monoisotopic (exact) mass is 217 g/mol. The first-order valence-corrected chi connectivity index (χ1v) is 3.99. The van der Waals surface area contributed by atoms with Crippen molar-refractivity contribution in [2.24, 2.45) is 0 Å². The summed E-state index contributed by atoms with van der Waals surface area (Å²) in [7, 11) is 2.69. The molecule has 1 aromatic heterocycles. The highest BCUT2D eigenvalue weighted by Gasteiger charge is 2.17. The van der Waals surface area contributed by atoms with Crippen molar-refractivity contribution in [3.63, 3.8) is 0 Å². The van der Waals surface area contributed by atoms with Gasteiger partial charge in [-0.2, -0.15) is 0 Å². The predicted molar refractivity (Wildman–Crippen MR) is 49.3 cm³/mol. The van der Waals surface area contributed by atoms with E-state index in [0.717, 1.165) is 0 Å². The van der Waals surface area contributed by atoms with Gasteiger partial charge in [0.1, 0.15) is 5.02 Å². The fourth-order valence-electron chi connectivity index (χ4n) is 0.907. The maximum absolute atomic E-state index is 10.7. The van der Waals surface area contributed by atoms with Crippen LogP contribution in [0.3, 0.4) is 0 Å². The second-order valence-electron chi connectivity index (χ2n) is 2.34. The van der Waals surface area contributed by atoms with E-state index in [1.807, 2.05) is 0 Å². The van der Waals surface area contributed by atoms with Crippen LogP contribution in [0.1, 0.15) is 10.5 Å². The summed E-state index contributed by atoms with van der Waals surface area (Å²) in [5.41, 5.74) is -0.228. The van der Waals surface area contributed by atoms with Gasteiger partial charge in [-0.3, -0.25) is 0 Å². The number of aromatic carboxylic acids is 1. The molecule has 0 amide bonds. The van der Waals surface area contributed by atoms with Gasteiger partial charge in [0.25, 0.3) is 0 Å². The Bertz CT molecular complexity index is 367. The zero-order valence-electron chi connectivity index (χ0n) is 7.57. The molecule has 5 nitrogen and oxygen atoms in total. The van der Waals surface area contributed by atoms with E-state index < -0.39 is 5.97 Å². The van der Waals surface area contributed by atoms with Gasteiger partial charge in [-0.15, -0.1) is 0 Å². The molecule has 1 N–H and O–H groups in total. The molecule has 0 aromatic carbocycles. The highest BCUT2D eigenvalue weighted by molar-refractivity contribution is 6.32. The van der Waals surface area contributed by atoms with Gasteiger partial charge in [0.2, 0.25) is 5.88 Å². The third-order valence-corrected chi connectivity index (χ3v) is 1.80. The van der Waals surface area contributed by atoms with Crippen LogP contribution in [0.15, 0.2) is 6.07 Å². The summed E-state index contributed by atoms with van der Waals surface area (Å²) in [6.07, 6.45) is 0. The summed E-state index contributed by atoms with van der Waals surface area (Å²) in [4.78, 5) is 14.4. The summed E-state index contributed by atoms with van der Waals surface area (Å²) in [6.45, 7) is 0. The van der Waals surface area contributed by atoms with Gasteiger partial charge in [0.15, 0.2) is 11.4 Å². The predicted octanol–water partition coefficient (Wildman–Crippen LogP) is 1.45. The van der Waals surface area contributed by atoms with Crippen LogP contribution in [-0.4, -0.2) is 30.3 Å². The minimum absolute atomic E-state index is 0.0601. The Morgan fingerprint density at radius 1 is 1.50 bits per heavy atom. The molecule has 0 saturated carbocycles. The van der Waals surface area contributed by atoms with E-state index >= 15 is 0 Å². The maximum Gasteiger partial charge on any atom is 0.358 e. The number of hydrogen-bond acceptors (Lipinski definition) is 4. The lowest BCUT2D eigenvalue weighted by Gasteiger charge is -2.07. The smallest absolute Gasteiger partial charge is 0.358 e. The van der Waals surface area contributed by atoms with Gasteiger partial charge in [0.05, 0.1) is 14.2 Å². The molecular formula is C8H8ClNO4. The molecule has 0 unspecified atom stereocenters. The number of carbonyl (C=O) groups is 1. The lowest BCUT2D eigenvalue weighted by molar-refractivity contribution is 0.0685. The van der Waals surface area contributed by atoms with Gasteiger partial charge in [-0.1, -0.05) is 11.6 Å². The van der Waals surface area contributed by atoms with Crippen molar-refractivity contribution in [2.45, 2.75) is 0 Å². The molecule has 0 bridgehead atoms. The van der Waals surface area contributed by atoms with E-state index in [2.05, 4.69) is 4.98 Å². The molecule has 0 aliphatic carbocycles. The van der Waals surface area contributed by atoms with E-state index in [0.29, 0.717) is 0 Å². The topological polar surface area (TPSA) is 68.7 Å². The molecule has 0 spiro atoms. The molecular weight excluding hydrogens is 210 g/mol. The van der Waals surface area contributed by atoms with Gasteiger partial charge >= 0.3 is 5.97 Å². The number of carboxylic acids is 1. The molecule has 0 fully saturated rings. The van der Waals surface area contributed by atoms with Crippen LogP contribution in [-0.2, 0) is 0 Å². The largest absolute Gasteiger partial charge is 0.494 e. The molecule has 0 atom stereocenters. The highest BCUT2D eigenvalue weighted by atomic mass is 35.5. The Hall–Kier alpha value is -1.49. The van der Waals surface area contributed by atoms with Crippen molar-refractivity contribution >= 4 is 17.6 Å². The van der Waals surface area contributed by atoms with Gasteiger partial charge in [0, 0.05) is 6.07 Å². The van der Waals surface area contributed by atoms with Crippen LogP contribution in [0, 0.1) is 0 Å². The first kappa shape index (κ1) is 10.6. The van der Waals surface area contributed by atoms with Crippen molar-refractivity contribution in [1.29, 1.82) is 0 Å². The Labute approximate surface area is 85.2 Å². The number of nitrogens with zero attached hydrogens (tertiary/aromatic N) is 1. The van der Waals surface area contributed by atoms with E-state index in [9.17, 15) is 4.79 Å². The molecule has 76 valence electrons. The van der Waals surface area contributed by atoms with Crippen molar-refractivity contribution in [3.8, 4) is 11.6 Å². The summed E-state index contributed by atoms with van der Waals surface area (Å²) in [6, 6.07) is 1.34. The van der Waals surface area contributed by atoms with Crippen molar-refractivity contribution in [1.82, 2.24) is 4.98 Å². The summed E-state index contributed by atoms with van der Waals surface area (Å²) in [5.74, 6) is -1.04. The van der Waals surface area contributed by atoms with Crippen LogP contribution in [0.25, 0.3) is 0 Å². The summed E-state index contributed by atoms with van der Waals surface area (Å²) >= 11 is 5.72. The normalized spacial score (nSPS) is 9.64. The van der Waals surface area contributed by atoms with Crippen LogP contribution in [0.2, 0.25) is 5.02 Å². The Balaban J connectivity index is 3.32. The van der Waals surface area contributed by atoms with Crippen molar-refractivity contribution in [2.75, 3.05) is 14.2 Å². The molecule has 1 aromatic rings. The van der Waals surface area contributed by atoms with E-state index in [1.165, 1.54) is 20.3 Å². The maximum atomic E-state index is 10.7. The SMILES string of the molecule is COc1cc(Cl)c(OC)nc1C(=O)O. The Morgan fingerprint density at radius 2 is 2.14 bits per heavy atom. The number of methoxy groups -OCH3 is 2. The minimum Gasteiger partial charge on any atom is -0.494 e. The van der Waals surface area contributed by atoms with Gasteiger partial charge < -0.3 is 14.6 Å². The first-order chi connectivity index (χ1) is 6.60. The summed E-state index contributed by atoms with van der Waals surface area (Å²) < 4.78 is 9.58. The minimum atomic E-state index is -1.20. The molecule has 1 heterocycles. The molecule has 1 rings (SSSR count). The molecule has 0 radical (unpaired) electrons. The Kier molecular flexibility index (Phi) is 3.14. The van der Waals surface area contributed by atoms with Crippen molar-refractivity contribution < 1.29 is 19.4 Å². The number of halogens is 1. The number of ether oxygens (including phenoxy) is 2. The van der Waals surface area contributed by atoms with E-state index in [1.54, 1.807) is 0 Å². The molecule has 14 heavy (non-hydrogen) atoms. The van der Waals surface area contributed by atoms with Crippen molar-refractivity contribution in [3.05, 3.63) is 16.8 Å². The standard InChI is InChI=1S/C8H8ClNO4/c1-13-5-3-4(9)7(14-2)10-6(5)8(11)12/h3H,1-2H3,(H,11,12). The number of aromatic nitrogens is 1. The average Bonchev–Trinajstić information content (AvgIpc) is 2.16. The highest BCUT2D eigenvalue weighted by Crippen LogP contribution is 2.28. The second kappa shape index (κ2) is 4.15. The number of pyridine rings is 1. The zero-order chi connectivity index (χ0) is 10.7. The zero-order valence-corrected chi connectivity index (χ0v) is 8.33. The van der Waals surface area contributed by atoms with Gasteiger partial charge in [-0.05, 0) is 0 Å². The van der Waals surface area contributed by atoms with Gasteiger partial charge in [-0.25, -0.2) is 9.78 Å². The van der Waals surface area contributed by atoms with Crippen LogP contribution >= 0.6 is 11.6 Å². The average molecular weight is 218 g/mol. The van der Waals surface area contributed by atoms with E-state index in [-0.39, 0.29) is 22.3 Å². The quantitative estimate of drug-likeness (QED) is 0.830. The van der Waals surface area contributed by atoms with Crippen LogP contribution in [0.4, 0.5) is 0 Å². The number of carboxylic acid groups (broad SMARTS) is 1. The lowest BCUT2D eigenvalue weighted by Crippen LogP contribution is -2.05. The molecule has 0 aliphatic heterocycles. The number of rotatable bonds is 3. The Morgan fingerprint density at radius 3 is 2.57 bits per heavy atom. The fourth-order valence-corrected chi connectivity index (χ4v) is 1.13.